The molecule has 1 saturated carbocycles. The Labute approximate surface area is 133 Å². The summed E-state index contributed by atoms with van der Waals surface area (Å²) >= 11 is 1.99. The fourth-order valence-corrected chi connectivity index (χ4v) is 4.95. The Kier molecular flexibility index (Phi) is 5.03. The second-order valence-electron chi connectivity index (χ2n) is 7.39. The summed E-state index contributed by atoms with van der Waals surface area (Å²) in [5.74, 6) is 0. The third-order valence-corrected chi connectivity index (χ3v) is 6.43. The van der Waals surface area contributed by atoms with Gasteiger partial charge in [0, 0.05) is 28.9 Å². The number of nitrogens with zero attached hydrogens (tertiary/aromatic N) is 1. The van der Waals surface area contributed by atoms with E-state index < -0.39 is 0 Å². The van der Waals surface area contributed by atoms with Gasteiger partial charge in [-0.2, -0.15) is 0 Å². The second-order valence-corrected chi connectivity index (χ2v) is 8.64. The first-order valence-corrected chi connectivity index (χ1v) is 9.50. The van der Waals surface area contributed by atoms with E-state index in [1.807, 2.05) is 11.3 Å². The van der Waals surface area contributed by atoms with Gasteiger partial charge in [0.25, 0.3) is 0 Å². The molecule has 1 aliphatic carbocycles. The molecule has 118 valence electrons. The van der Waals surface area contributed by atoms with Crippen LogP contribution in [0.5, 0.6) is 0 Å². The molecule has 2 fully saturated rings. The Bertz CT molecular complexity index is 436. The molecule has 1 spiro atoms. The van der Waals surface area contributed by atoms with Gasteiger partial charge in [0.05, 0.1) is 0 Å². The number of hydrogen-bond donors (Lipinski definition) is 1. The molecule has 3 rings (SSSR count). The zero-order valence-corrected chi connectivity index (χ0v) is 14.5. The average Bonchev–Trinajstić information content (AvgIpc) is 3.09. The van der Waals surface area contributed by atoms with Crippen molar-refractivity contribution in [3.63, 3.8) is 0 Å². The van der Waals surface area contributed by atoms with Crippen LogP contribution in [0.15, 0.2) is 12.1 Å². The van der Waals surface area contributed by atoms with Crippen molar-refractivity contribution in [2.45, 2.75) is 71.5 Å². The summed E-state index contributed by atoms with van der Waals surface area (Å²) in [7, 11) is 0. The van der Waals surface area contributed by atoms with Crippen LogP contribution in [0.4, 0.5) is 0 Å². The molecule has 0 bridgehead atoms. The highest BCUT2D eigenvalue weighted by Crippen LogP contribution is 2.46. The van der Waals surface area contributed by atoms with E-state index in [0.717, 1.165) is 12.0 Å². The van der Waals surface area contributed by atoms with Gasteiger partial charge in [0.1, 0.15) is 0 Å². The lowest BCUT2D eigenvalue weighted by molar-refractivity contribution is 0.104. The average molecular weight is 307 g/mol. The molecular formula is C18H30N2S. The highest BCUT2D eigenvalue weighted by atomic mass is 32.1. The van der Waals surface area contributed by atoms with E-state index in [2.05, 4.69) is 36.2 Å². The van der Waals surface area contributed by atoms with E-state index in [1.165, 1.54) is 67.9 Å². The Morgan fingerprint density at radius 2 is 1.76 bits per heavy atom. The van der Waals surface area contributed by atoms with E-state index >= 15 is 0 Å². The SMILES string of the molecule is CC(C)NCc1ccc(CN2CCC3(CCCC3)CC2)s1. The predicted molar refractivity (Wildman–Crippen MR) is 91.7 cm³/mol. The number of likely N-dealkylation sites (tertiary alicyclic amines) is 1. The maximum atomic E-state index is 3.51. The number of piperidine rings is 1. The first-order valence-electron chi connectivity index (χ1n) is 8.69. The van der Waals surface area contributed by atoms with Gasteiger partial charge >= 0.3 is 0 Å². The Hall–Kier alpha value is -0.380. The highest BCUT2D eigenvalue weighted by molar-refractivity contribution is 7.11. The van der Waals surface area contributed by atoms with Gasteiger partial charge in [-0.25, -0.2) is 0 Å². The maximum Gasteiger partial charge on any atom is 0.0328 e. The van der Waals surface area contributed by atoms with Crippen LogP contribution < -0.4 is 5.32 Å². The largest absolute Gasteiger partial charge is 0.310 e. The number of nitrogens with one attached hydrogen (secondary N) is 1. The summed E-state index contributed by atoms with van der Waals surface area (Å²) in [6, 6.07) is 5.21. The molecule has 1 N–H and O–H groups in total. The van der Waals surface area contributed by atoms with Gasteiger partial charge < -0.3 is 5.32 Å². The summed E-state index contributed by atoms with van der Waals surface area (Å²) in [5, 5.41) is 3.51. The summed E-state index contributed by atoms with van der Waals surface area (Å²) in [6.07, 6.45) is 8.87. The maximum absolute atomic E-state index is 3.51. The van der Waals surface area contributed by atoms with Crippen molar-refractivity contribution in [2.24, 2.45) is 5.41 Å². The van der Waals surface area contributed by atoms with Gasteiger partial charge in [-0.15, -0.1) is 11.3 Å². The standard InChI is InChI=1S/C18H30N2S/c1-15(2)19-13-16-5-6-17(21-16)14-20-11-9-18(10-12-20)7-3-4-8-18/h5-6,15,19H,3-4,7-14H2,1-2H3. The van der Waals surface area contributed by atoms with Gasteiger partial charge in [-0.1, -0.05) is 26.7 Å². The summed E-state index contributed by atoms with van der Waals surface area (Å²) in [4.78, 5) is 5.69. The number of thiophene rings is 1. The van der Waals surface area contributed by atoms with Crippen molar-refractivity contribution in [3.8, 4) is 0 Å². The van der Waals surface area contributed by atoms with Crippen LogP contribution >= 0.6 is 11.3 Å². The lowest BCUT2D eigenvalue weighted by atomic mass is 9.77. The van der Waals surface area contributed by atoms with Crippen molar-refractivity contribution >= 4 is 11.3 Å². The highest BCUT2D eigenvalue weighted by Gasteiger charge is 2.36. The monoisotopic (exact) mass is 306 g/mol. The molecule has 1 aromatic rings. The quantitative estimate of drug-likeness (QED) is 0.867. The molecule has 2 aliphatic rings. The molecule has 1 aliphatic heterocycles. The van der Waals surface area contributed by atoms with Crippen LogP contribution in [0, 0.1) is 5.41 Å². The molecule has 0 aromatic carbocycles. The molecule has 0 radical (unpaired) electrons. The summed E-state index contributed by atoms with van der Waals surface area (Å²) in [5.41, 5.74) is 0.748. The second kappa shape index (κ2) is 6.80. The molecule has 2 heterocycles. The van der Waals surface area contributed by atoms with Crippen LogP contribution in [0.1, 0.15) is 62.1 Å². The Balaban J connectivity index is 1.47. The molecule has 0 atom stereocenters. The van der Waals surface area contributed by atoms with E-state index in [1.54, 1.807) is 0 Å². The summed E-state index contributed by atoms with van der Waals surface area (Å²) in [6.45, 7) is 9.24. The molecule has 21 heavy (non-hydrogen) atoms. The molecule has 0 unspecified atom stereocenters. The Morgan fingerprint density at radius 3 is 2.43 bits per heavy atom. The van der Waals surface area contributed by atoms with Crippen LogP contribution in [0.25, 0.3) is 0 Å². The topological polar surface area (TPSA) is 15.3 Å². The molecule has 1 aromatic heterocycles. The smallest absolute Gasteiger partial charge is 0.0328 e. The third-order valence-electron chi connectivity index (χ3n) is 5.36. The van der Waals surface area contributed by atoms with E-state index in [-0.39, 0.29) is 0 Å². The Morgan fingerprint density at radius 1 is 1.10 bits per heavy atom. The molecular weight excluding hydrogens is 276 g/mol. The van der Waals surface area contributed by atoms with Gasteiger partial charge in [0.2, 0.25) is 0 Å². The minimum Gasteiger partial charge on any atom is -0.310 e. The first kappa shape index (κ1) is 15.5. The number of hydrogen-bond acceptors (Lipinski definition) is 3. The van der Waals surface area contributed by atoms with Crippen molar-refractivity contribution in [3.05, 3.63) is 21.9 Å². The van der Waals surface area contributed by atoms with E-state index in [9.17, 15) is 0 Å². The van der Waals surface area contributed by atoms with Crippen LogP contribution in [0.3, 0.4) is 0 Å². The third kappa shape index (κ3) is 4.08. The molecule has 0 amide bonds. The molecule has 2 nitrogen and oxygen atoms in total. The summed E-state index contributed by atoms with van der Waals surface area (Å²) < 4.78 is 0. The van der Waals surface area contributed by atoms with E-state index in [4.69, 9.17) is 0 Å². The van der Waals surface area contributed by atoms with Gasteiger partial charge in [-0.3, -0.25) is 4.90 Å². The lowest BCUT2D eigenvalue weighted by Gasteiger charge is -2.39. The fraction of sp³-hybridized carbons (Fsp3) is 0.778. The molecule has 3 heteroatoms. The lowest BCUT2D eigenvalue weighted by Crippen LogP contribution is -2.38. The van der Waals surface area contributed by atoms with Crippen LogP contribution in [0.2, 0.25) is 0 Å². The van der Waals surface area contributed by atoms with Crippen molar-refractivity contribution in [1.29, 1.82) is 0 Å². The predicted octanol–water partition coefficient (Wildman–Crippen LogP) is 4.40. The zero-order valence-electron chi connectivity index (χ0n) is 13.7. The molecule has 1 saturated heterocycles. The van der Waals surface area contributed by atoms with E-state index in [0.29, 0.717) is 6.04 Å². The zero-order chi connectivity index (χ0) is 14.7. The van der Waals surface area contributed by atoms with Crippen molar-refractivity contribution in [1.82, 2.24) is 10.2 Å². The van der Waals surface area contributed by atoms with Crippen molar-refractivity contribution in [2.75, 3.05) is 13.1 Å². The number of rotatable bonds is 5. The van der Waals surface area contributed by atoms with Gasteiger partial charge in [0.15, 0.2) is 0 Å². The minimum atomic E-state index is 0.570. The van der Waals surface area contributed by atoms with Crippen molar-refractivity contribution < 1.29 is 0 Å². The normalized spacial score (nSPS) is 22.4. The van der Waals surface area contributed by atoms with Crippen LogP contribution in [-0.4, -0.2) is 24.0 Å². The fourth-order valence-electron chi connectivity index (χ4n) is 3.94. The minimum absolute atomic E-state index is 0.570. The van der Waals surface area contributed by atoms with Crippen LogP contribution in [-0.2, 0) is 13.1 Å². The first-order chi connectivity index (χ1) is 10.2. The van der Waals surface area contributed by atoms with Gasteiger partial charge in [-0.05, 0) is 56.3 Å².